The van der Waals surface area contributed by atoms with Crippen molar-refractivity contribution in [3.63, 3.8) is 0 Å². The Labute approximate surface area is 115 Å². The van der Waals surface area contributed by atoms with Crippen molar-refractivity contribution in [3.8, 4) is 0 Å². The maximum atomic E-state index is 11.6. The molecule has 0 bridgehead atoms. The van der Waals surface area contributed by atoms with Crippen LogP contribution in [0.2, 0.25) is 0 Å². The molecule has 1 aliphatic heterocycles. The van der Waals surface area contributed by atoms with E-state index in [9.17, 15) is 14.9 Å². The quantitative estimate of drug-likeness (QED) is 0.544. The van der Waals surface area contributed by atoms with E-state index >= 15 is 0 Å². The molecule has 1 aromatic heterocycles. The summed E-state index contributed by atoms with van der Waals surface area (Å²) >= 11 is 0. The molecule has 1 aliphatic rings. The summed E-state index contributed by atoms with van der Waals surface area (Å²) in [7, 11) is 0. The third-order valence-electron chi connectivity index (χ3n) is 2.99. The Bertz CT molecular complexity index is 469. The van der Waals surface area contributed by atoms with Crippen LogP contribution in [0.5, 0.6) is 0 Å². The largest absolute Gasteiger partial charge is 0.379 e. The summed E-state index contributed by atoms with van der Waals surface area (Å²) in [5.41, 5.74) is -0.119. The summed E-state index contributed by atoms with van der Waals surface area (Å²) in [5.74, 6) is -0.212. The number of morpholine rings is 1. The Morgan fingerprint density at radius 2 is 2.25 bits per heavy atom. The number of nitro groups is 1. The van der Waals surface area contributed by atoms with E-state index in [-0.39, 0.29) is 18.1 Å². The average molecular weight is 283 g/mol. The molecule has 2 heterocycles. The number of amides is 1. The highest BCUT2D eigenvalue weighted by Gasteiger charge is 2.12. The fourth-order valence-corrected chi connectivity index (χ4v) is 1.91. The van der Waals surface area contributed by atoms with E-state index in [0.717, 1.165) is 39.0 Å². The van der Waals surface area contributed by atoms with E-state index in [1.807, 2.05) is 0 Å². The minimum Gasteiger partial charge on any atom is -0.379 e. The highest BCUT2D eigenvalue weighted by atomic mass is 16.6. The normalized spacial score (nSPS) is 16.0. The number of hydrogen-bond acceptors (Lipinski definition) is 6. The van der Waals surface area contributed by atoms with E-state index in [1.54, 1.807) is 0 Å². The van der Waals surface area contributed by atoms with Crippen molar-refractivity contribution in [2.45, 2.75) is 6.54 Å². The van der Waals surface area contributed by atoms with Crippen LogP contribution in [-0.2, 0) is 16.1 Å². The highest BCUT2D eigenvalue weighted by Crippen LogP contribution is 2.07. The van der Waals surface area contributed by atoms with Crippen molar-refractivity contribution in [1.82, 2.24) is 20.0 Å². The second-order valence-electron chi connectivity index (χ2n) is 4.46. The van der Waals surface area contributed by atoms with Crippen molar-refractivity contribution >= 4 is 11.6 Å². The van der Waals surface area contributed by atoms with Gasteiger partial charge in [-0.1, -0.05) is 0 Å². The number of rotatable bonds is 6. The van der Waals surface area contributed by atoms with Crippen LogP contribution in [0, 0.1) is 10.1 Å². The molecule has 9 nitrogen and oxygen atoms in total. The number of nitrogens with zero attached hydrogens (tertiary/aromatic N) is 4. The molecule has 0 atom stereocenters. The van der Waals surface area contributed by atoms with Crippen molar-refractivity contribution in [2.75, 3.05) is 39.4 Å². The van der Waals surface area contributed by atoms with Crippen molar-refractivity contribution < 1.29 is 14.5 Å². The van der Waals surface area contributed by atoms with Gasteiger partial charge in [0.15, 0.2) is 0 Å². The summed E-state index contributed by atoms with van der Waals surface area (Å²) in [6.45, 7) is 4.51. The molecule has 0 saturated carbocycles. The van der Waals surface area contributed by atoms with Crippen LogP contribution in [0.3, 0.4) is 0 Å². The molecular formula is C11H17N5O4. The van der Waals surface area contributed by atoms with E-state index < -0.39 is 4.92 Å². The third-order valence-corrected chi connectivity index (χ3v) is 2.99. The lowest BCUT2D eigenvalue weighted by Crippen LogP contribution is -2.41. The number of aromatic nitrogens is 2. The minimum absolute atomic E-state index is 0.0169. The molecule has 2 rings (SSSR count). The molecule has 20 heavy (non-hydrogen) atoms. The van der Waals surface area contributed by atoms with E-state index in [0.29, 0.717) is 6.54 Å². The van der Waals surface area contributed by atoms with Crippen molar-refractivity contribution in [1.29, 1.82) is 0 Å². The summed E-state index contributed by atoms with van der Waals surface area (Å²) in [6, 6.07) is 0. The number of ether oxygens (including phenoxy) is 1. The zero-order valence-electron chi connectivity index (χ0n) is 11.0. The summed E-state index contributed by atoms with van der Waals surface area (Å²) < 4.78 is 6.48. The van der Waals surface area contributed by atoms with Crippen LogP contribution in [0.1, 0.15) is 0 Å². The van der Waals surface area contributed by atoms with Gasteiger partial charge >= 0.3 is 5.69 Å². The number of carbonyl (C=O) groups is 1. The molecule has 0 radical (unpaired) electrons. The Morgan fingerprint density at radius 3 is 2.90 bits per heavy atom. The first-order valence-corrected chi connectivity index (χ1v) is 6.39. The maximum Gasteiger partial charge on any atom is 0.307 e. The lowest BCUT2D eigenvalue weighted by atomic mass is 10.4. The molecule has 0 unspecified atom stereocenters. The van der Waals surface area contributed by atoms with Gasteiger partial charge in [-0.15, -0.1) is 0 Å². The second kappa shape index (κ2) is 6.96. The molecule has 0 spiro atoms. The molecule has 9 heteroatoms. The van der Waals surface area contributed by atoms with Crippen LogP contribution >= 0.6 is 0 Å². The van der Waals surface area contributed by atoms with Crippen LogP contribution in [-0.4, -0.2) is 64.9 Å². The molecule has 1 amide bonds. The van der Waals surface area contributed by atoms with Gasteiger partial charge in [0.25, 0.3) is 0 Å². The zero-order chi connectivity index (χ0) is 14.4. The molecule has 1 saturated heterocycles. The lowest BCUT2D eigenvalue weighted by Gasteiger charge is -2.26. The lowest BCUT2D eigenvalue weighted by molar-refractivity contribution is -0.385. The zero-order valence-corrected chi connectivity index (χ0v) is 11.0. The Morgan fingerprint density at radius 1 is 1.50 bits per heavy atom. The van der Waals surface area contributed by atoms with E-state index in [2.05, 4.69) is 15.3 Å². The van der Waals surface area contributed by atoms with Gasteiger partial charge in [0.05, 0.1) is 18.1 Å². The van der Waals surface area contributed by atoms with Gasteiger partial charge in [0.1, 0.15) is 18.9 Å². The fraction of sp³-hybridized carbons (Fsp3) is 0.636. The monoisotopic (exact) mass is 283 g/mol. The Balaban J connectivity index is 1.67. The number of carbonyl (C=O) groups excluding carboxylic acids is 1. The van der Waals surface area contributed by atoms with Crippen LogP contribution < -0.4 is 5.32 Å². The van der Waals surface area contributed by atoms with Crippen LogP contribution in [0.15, 0.2) is 12.4 Å². The predicted octanol–water partition coefficient (Wildman–Crippen LogP) is -0.760. The highest BCUT2D eigenvalue weighted by molar-refractivity contribution is 5.75. The van der Waals surface area contributed by atoms with Gasteiger partial charge in [-0.25, -0.2) is 0 Å². The average Bonchev–Trinajstić information content (AvgIpc) is 2.88. The van der Waals surface area contributed by atoms with E-state index in [4.69, 9.17) is 4.74 Å². The van der Waals surface area contributed by atoms with Crippen molar-refractivity contribution in [2.24, 2.45) is 0 Å². The van der Waals surface area contributed by atoms with Crippen LogP contribution in [0.25, 0.3) is 0 Å². The Hall–Kier alpha value is -2.00. The first-order valence-electron chi connectivity index (χ1n) is 6.39. The molecular weight excluding hydrogens is 266 g/mol. The smallest absolute Gasteiger partial charge is 0.307 e. The van der Waals surface area contributed by atoms with Gasteiger partial charge < -0.3 is 10.1 Å². The van der Waals surface area contributed by atoms with Gasteiger partial charge in [0, 0.05) is 26.2 Å². The fourth-order valence-electron chi connectivity index (χ4n) is 1.91. The number of hydrogen-bond donors (Lipinski definition) is 1. The van der Waals surface area contributed by atoms with Gasteiger partial charge in [-0.2, -0.15) is 5.10 Å². The SMILES string of the molecule is O=C(Cn1cc([N+](=O)[O-])cn1)NCCN1CCOCC1. The molecule has 1 fully saturated rings. The first-order chi connectivity index (χ1) is 9.65. The minimum atomic E-state index is -0.542. The molecule has 1 N–H and O–H groups in total. The van der Waals surface area contributed by atoms with Crippen LogP contribution in [0.4, 0.5) is 5.69 Å². The van der Waals surface area contributed by atoms with Gasteiger partial charge in [-0.05, 0) is 0 Å². The molecule has 1 aromatic rings. The summed E-state index contributed by atoms with van der Waals surface area (Å²) in [6.07, 6.45) is 2.36. The van der Waals surface area contributed by atoms with Crippen molar-refractivity contribution in [3.05, 3.63) is 22.5 Å². The molecule has 0 aliphatic carbocycles. The van der Waals surface area contributed by atoms with Gasteiger partial charge in [0.2, 0.25) is 5.91 Å². The standard InChI is InChI=1S/C11H17N5O4/c17-11(9-15-8-10(7-13-15)16(18)19)12-1-2-14-3-5-20-6-4-14/h7-8H,1-6,9H2,(H,12,17). The molecule has 0 aromatic carbocycles. The topological polar surface area (TPSA) is 103 Å². The predicted molar refractivity (Wildman–Crippen MR) is 69.2 cm³/mol. The van der Waals surface area contributed by atoms with Gasteiger partial charge in [-0.3, -0.25) is 24.5 Å². The summed E-state index contributed by atoms with van der Waals surface area (Å²) in [4.78, 5) is 23.8. The van der Waals surface area contributed by atoms with E-state index in [1.165, 1.54) is 10.9 Å². The second-order valence-corrected chi connectivity index (χ2v) is 4.46. The Kier molecular flexibility index (Phi) is 5.02. The maximum absolute atomic E-state index is 11.6. The number of nitrogens with one attached hydrogen (secondary N) is 1. The summed E-state index contributed by atoms with van der Waals surface area (Å²) in [5, 5.41) is 17.0. The molecule has 110 valence electrons. The first kappa shape index (κ1) is 14.4. The third kappa shape index (κ3) is 4.28.